The molecule has 2 aromatic carbocycles. The lowest BCUT2D eigenvalue weighted by Crippen LogP contribution is -2.43. The molecule has 2 N–H and O–H groups in total. The zero-order valence-corrected chi connectivity index (χ0v) is 22.7. The number of ether oxygens (including phenoxy) is 3. The van der Waals surface area contributed by atoms with E-state index in [0.717, 1.165) is 37.4 Å². The first kappa shape index (κ1) is 27.3. The summed E-state index contributed by atoms with van der Waals surface area (Å²) in [5.41, 5.74) is 2.70. The second kappa shape index (κ2) is 11.3. The first-order valence-corrected chi connectivity index (χ1v) is 13.1. The summed E-state index contributed by atoms with van der Waals surface area (Å²) in [5, 5.41) is 7.60. The number of fused-ring (bicyclic) bond motifs is 1. The van der Waals surface area contributed by atoms with Gasteiger partial charge >= 0.3 is 0 Å². The number of pyridine rings is 1. The Morgan fingerprint density at radius 1 is 0.947 bits per heavy atom. The van der Waals surface area contributed by atoms with Crippen LogP contribution in [0.25, 0.3) is 22.4 Å². The molecule has 3 heterocycles. The van der Waals surface area contributed by atoms with E-state index in [2.05, 4.69) is 37.2 Å². The number of halogens is 1. The second-order valence-electron chi connectivity index (χ2n) is 8.31. The molecule has 0 aliphatic carbocycles. The van der Waals surface area contributed by atoms with E-state index in [9.17, 15) is 8.42 Å². The number of hydrogen-bond acceptors (Lipinski definition) is 10. The van der Waals surface area contributed by atoms with Crippen LogP contribution < -0.4 is 29.1 Å². The van der Waals surface area contributed by atoms with Gasteiger partial charge in [-0.05, 0) is 24.3 Å². The molecule has 0 saturated carbocycles. The van der Waals surface area contributed by atoms with Crippen LogP contribution in [0.3, 0.4) is 0 Å². The molecule has 0 bridgehead atoms. The van der Waals surface area contributed by atoms with Gasteiger partial charge in [0, 0.05) is 43.5 Å². The number of methoxy groups -OCH3 is 3. The Morgan fingerprint density at radius 2 is 1.61 bits per heavy atom. The third kappa shape index (κ3) is 5.15. The molecule has 1 fully saturated rings. The topological polar surface area (TPSA) is 128 Å². The van der Waals surface area contributed by atoms with Crippen LogP contribution in [0.4, 0.5) is 11.5 Å². The summed E-state index contributed by atoms with van der Waals surface area (Å²) in [6.07, 6.45) is 0. The zero-order chi connectivity index (χ0) is 26.0. The van der Waals surface area contributed by atoms with Crippen LogP contribution in [0, 0.1) is 0 Å². The normalized spacial score (nSPS) is 13.6. The van der Waals surface area contributed by atoms with Gasteiger partial charge in [0.2, 0.25) is 0 Å². The predicted molar refractivity (Wildman–Crippen MR) is 146 cm³/mol. The Hall–Kier alpha value is -3.74. The lowest BCUT2D eigenvalue weighted by molar-refractivity contribution is 0.373. The molecule has 1 aliphatic heterocycles. The van der Waals surface area contributed by atoms with Crippen LogP contribution in [0.5, 0.6) is 17.2 Å². The number of aromatic nitrogens is 2. The van der Waals surface area contributed by atoms with E-state index >= 15 is 0 Å². The Kier molecular flexibility index (Phi) is 8.14. The lowest BCUT2D eigenvalue weighted by Gasteiger charge is -2.29. The highest BCUT2D eigenvalue weighted by Gasteiger charge is 2.28. The van der Waals surface area contributed by atoms with Gasteiger partial charge in [-0.2, -0.15) is 0 Å². The van der Waals surface area contributed by atoms with Crippen molar-refractivity contribution < 1.29 is 27.2 Å². The third-order valence-corrected chi connectivity index (χ3v) is 7.54. The molecule has 1 aliphatic rings. The number of rotatable bonds is 8. The molecule has 0 spiro atoms. The van der Waals surface area contributed by atoms with Gasteiger partial charge in [-0.1, -0.05) is 23.4 Å². The van der Waals surface area contributed by atoms with E-state index in [-0.39, 0.29) is 40.3 Å². The van der Waals surface area contributed by atoms with Crippen LogP contribution in [-0.4, -0.2) is 66.1 Å². The SMILES string of the molecule is COc1cccc(OC)c1S(=O)(=O)Nc1noc2nc(-c3cccc(N4CCNCC4)c3)cc(OC)c12.Cl. The third-order valence-electron chi connectivity index (χ3n) is 6.14. The first-order chi connectivity index (χ1) is 17.9. The summed E-state index contributed by atoms with van der Waals surface area (Å²) in [5.74, 6) is 0.541. The fourth-order valence-electron chi connectivity index (χ4n) is 4.34. The predicted octanol–water partition coefficient (Wildman–Crippen LogP) is 3.55. The largest absolute Gasteiger partial charge is 0.496 e. The molecule has 13 heteroatoms. The monoisotopic (exact) mass is 561 g/mol. The zero-order valence-electron chi connectivity index (χ0n) is 21.1. The van der Waals surface area contributed by atoms with Crippen molar-refractivity contribution in [2.45, 2.75) is 4.90 Å². The molecule has 0 amide bonds. The van der Waals surface area contributed by atoms with Crippen LogP contribution in [0.2, 0.25) is 0 Å². The Morgan fingerprint density at radius 3 is 2.26 bits per heavy atom. The van der Waals surface area contributed by atoms with Gasteiger partial charge in [-0.25, -0.2) is 13.4 Å². The van der Waals surface area contributed by atoms with E-state index in [1.165, 1.54) is 33.5 Å². The van der Waals surface area contributed by atoms with Gasteiger partial charge in [-0.15, -0.1) is 12.4 Å². The highest BCUT2D eigenvalue weighted by Crippen LogP contribution is 2.38. The molecule has 11 nitrogen and oxygen atoms in total. The van der Waals surface area contributed by atoms with Crippen LogP contribution >= 0.6 is 12.4 Å². The van der Waals surface area contributed by atoms with Crippen LogP contribution in [0.1, 0.15) is 0 Å². The van der Waals surface area contributed by atoms with E-state index < -0.39 is 10.0 Å². The summed E-state index contributed by atoms with van der Waals surface area (Å²) in [6, 6.07) is 14.5. The average Bonchev–Trinajstić information content (AvgIpc) is 3.34. The lowest BCUT2D eigenvalue weighted by atomic mass is 10.1. The smallest absolute Gasteiger partial charge is 0.270 e. The molecule has 202 valence electrons. The minimum Gasteiger partial charge on any atom is -0.496 e. The molecular weight excluding hydrogens is 534 g/mol. The number of sulfonamides is 1. The number of anilines is 2. The Labute approximate surface area is 226 Å². The molecule has 0 radical (unpaired) electrons. The highest BCUT2D eigenvalue weighted by atomic mass is 35.5. The minimum absolute atomic E-state index is 0. The number of benzene rings is 2. The molecule has 38 heavy (non-hydrogen) atoms. The summed E-state index contributed by atoms with van der Waals surface area (Å²) < 4.78 is 50.7. The number of piperazine rings is 1. The van der Waals surface area contributed by atoms with Gasteiger partial charge in [0.25, 0.3) is 15.7 Å². The van der Waals surface area contributed by atoms with E-state index in [0.29, 0.717) is 16.8 Å². The van der Waals surface area contributed by atoms with Crippen molar-refractivity contribution in [1.29, 1.82) is 0 Å². The molecular formula is C25H28ClN5O6S. The molecule has 4 aromatic rings. The van der Waals surface area contributed by atoms with Crippen LogP contribution in [-0.2, 0) is 10.0 Å². The standard InChI is InChI=1S/C25H27N5O6S.ClH/c1-33-19-8-5-9-20(34-2)23(19)37(31,32)29-24-22-21(35-3)15-18(27-25(22)36-28-24)16-6-4-7-17(14-16)30-12-10-26-11-13-30;/h4-9,14-15,26H,10-13H2,1-3H3,(H,28,29);1H. The Balaban J connectivity index is 0.00000336. The van der Waals surface area contributed by atoms with Gasteiger partial charge in [0.1, 0.15) is 22.6 Å². The van der Waals surface area contributed by atoms with Gasteiger partial charge in [-0.3, -0.25) is 4.72 Å². The number of hydrogen-bond donors (Lipinski definition) is 2. The van der Waals surface area contributed by atoms with Crippen molar-refractivity contribution in [3.8, 4) is 28.5 Å². The van der Waals surface area contributed by atoms with E-state index in [1.54, 1.807) is 12.1 Å². The summed E-state index contributed by atoms with van der Waals surface area (Å²) in [7, 11) is 0.0681. The highest BCUT2D eigenvalue weighted by molar-refractivity contribution is 7.93. The molecule has 2 aromatic heterocycles. The van der Waals surface area contributed by atoms with Crippen molar-refractivity contribution in [3.05, 3.63) is 48.5 Å². The average molecular weight is 562 g/mol. The van der Waals surface area contributed by atoms with Crippen LogP contribution in [0.15, 0.2) is 57.9 Å². The van der Waals surface area contributed by atoms with Crippen molar-refractivity contribution in [1.82, 2.24) is 15.5 Å². The van der Waals surface area contributed by atoms with E-state index in [4.69, 9.17) is 18.7 Å². The van der Waals surface area contributed by atoms with Crippen molar-refractivity contribution in [2.75, 3.05) is 57.1 Å². The second-order valence-corrected chi connectivity index (χ2v) is 9.92. The number of nitrogens with zero attached hydrogens (tertiary/aromatic N) is 3. The fraction of sp³-hybridized carbons (Fsp3) is 0.280. The summed E-state index contributed by atoms with van der Waals surface area (Å²) >= 11 is 0. The summed E-state index contributed by atoms with van der Waals surface area (Å²) in [6.45, 7) is 3.70. The maximum atomic E-state index is 13.4. The molecule has 0 atom stereocenters. The van der Waals surface area contributed by atoms with Gasteiger partial charge in [0.15, 0.2) is 10.7 Å². The molecule has 0 unspecified atom stereocenters. The molecule has 5 rings (SSSR count). The maximum Gasteiger partial charge on any atom is 0.270 e. The fourth-order valence-corrected chi connectivity index (χ4v) is 5.67. The quantitative estimate of drug-likeness (QED) is 0.329. The molecule has 1 saturated heterocycles. The van der Waals surface area contributed by atoms with Crippen molar-refractivity contribution in [3.63, 3.8) is 0 Å². The first-order valence-electron chi connectivity index (χ1n) is 11.6. The Bertz CT molecular complexity index is 1520. The van der Waals surface area contributed by atoms with Gasteiger partial charge < -0.3 is 29.0 Å². The van der Waals surface area contributed by atoms with Crippen molar-refractivity contribution in [2.24, 2.45) is 0 Å². The van der Waals surface area contributed by atoms with Gasteiger partial charge in [0.05, 0.1) is 27.0 Å². The number of nitrogens with one attached hydrogen (secondary N) is 2. The van der Waals surface area contributed by atoms with E-state index in [1.807, 2.05) is 12.1 Å². The maximum absolute atomic E-state index is 13.4. The minimum atomic E-state index is -4.18. The summed E-state index contributed by atoms with van der Waals surface area (Å²) in [4.78, 5) is 6.75. The van der Waals surface area contributed by atoms with Crippen molar-refractivity contribution >= 4 is 45.0 Å².